The van der Waals surface area contributed by atoms with Crippen molar-refractivity contribution in [3.05, 3.63) is 35.4 Å². The monoisotopic (exact) mass is 235 g/mol. The van der Waals surface area contributed by atoms with Gasteiger partial charge in [0.05, 0.1) is 0 Å². The zero-order chi connectivity index (χ0) is 12.9. The van der Waals surface area contributed by atoms with Gasteiger partial charge in [0, 0.05) is 18.7 Å². The molecule has 0 aromatic heterocycles. The quantitative estimate of drug-likeness (QED) is 0.323. The van der Waals surface area contributed by atoms with Crippen molar-refractivity contribution in [1.82, 2.24) is 5.32 Å². The minimum Gasteiger partial charge on any atom is -0.409 e. The van der Waals surface area contributed by atoms with Gasteiger partial charge in [-0.05, 0) is 11.0 Å². The molecule has 0 unspecified atom stereocenters. The summed E-state index contributed by atoms with van der Waals surface area (Å²) >= 11 is 0. The molecule has 94 valence electrons. The Bertz CT molecular complexity index is 377. The lowest BCUT2D eigenvalue weighted by molar-refractivity contribution is 0.318. The third-order valence-electron chi connectivity index (χ3n) is 2.34. The van der Waals surface area contributed by atoms with E-state index in [1.54, 1.807) is 0 Å². The fraction of sp³-hybridized carbons (Fsp3) is 0.462. The molecule has 0 saturated heterocycles. The average Bonchev–Trinajstić information content (AvgIpc) is 2.27. The Labute approximate surface area is 103 Å². The highest BCUT2D eigenvalue weighted by Gasteiger charge is 2.08. The van der Waals surface area contributed by atoms with Crippen LogP contribution in [0.3, 0.4) is 0 Å². The number of nitrogens with one attached hydrogen (secondary N) is 1. The summed E-state index contributed by atoms with van der Waals surface area (Å²) in [7, 11) is 0. The third-order valence-corrected chi connectivity index (χ3v) is 2.34. The van der Waals surface area contributed by atoms with E-state index in [9.17, 15) is 0 Å². The van der Waals surface area contributed by atoms with E-state index in [2.05, 4.69) is 31.2 Å². The van der Waals surface area contributed by atoms with E-state index in [0.29, 0.717) is 0 Å². The maximum absolute atomic E-state index is 8.54. The SMILES string of the molecule is CC(C)(C)CNCc1ccc(C(N)=NO)cc1. The molecule has 0 fully saturated rings. The van der Waals surface area contributed by atoms with Gasteiger partial charge >= 0.3 is 0 Å². The molecule has 4 N–H and O–H groups in total. The molecule has 0 aliphatic heterocycles. The smallest absolute Gasteiger partial charge is 0.170 e. The summed E-state index contributed by atoms with van der Waals surface area (Å²) in [5.41, 5.74) is 7.68. The van der Waals surface area contributed by atoms with Crippen LogP contribution in [0.5, 0.6) is 0 Å². The number of hydrogen-bond donors (Lipinski definition) is 3. The Balaban J connectivity index is 2.52. The highest BCUT2D eigenvalue weighted by atomic mass is 16.4. The number of oxime groups is 1. The molecule has 0 spiro atoms. The largest absolute Gasteiger partial charge is 0.409 e. The van der Waals surface area contributed by atoms with Crippen molar-refractivity contribution in [1.29, 1.82) is 0 Å². The van der Waals surface area contributed by atoms with E-state index in [1.807, 2.05) is 24.3 Å². The van der Waals surface area contributed by atoms with Gasteiger partial charge in [0.1, 0.15) is 0 Å². The molecule has 17 heavy (non-hydrogen) atoms. The van der Waals surface area contributed by atoms with E-state index in [4.69, 9.17) is 10.9 Å². The summed E-state index contributed by atoms with van der Waals surface area (Å²) in [6.45, 7) is 8.38. The van der Waals surface area contributed by atoms with Crippen LogP contribution in [0.1, 0.15) is 31.9 Å². The van der Waals surface area contributed by atoms with Gasteiger partial charge in [0.2, 0.25) is 0 Å². The summed E-state index contributed by atoms with van der Waals surface area (Å²) in [5, 5.41) is 14.9. The van der Waals surface area contributed by atoms with Crippen LogP contribution in [0, 0.1) is 5.41 Å². The normalized spacial score (nSPS) is 12.8. The molecule has 0 atom stereocenters. The van der Waals surface area contributed by atoms with Crippen LogP contribution >= 0.6 is 0 Å². The first-order valence-corrected chi connectivity index (χ1v) is 5.70. The van der Waals surface area contributed by atoms with E-state index < -0.39 is 0 Å². The highest BCUT2D eigenvalue weighted by Crippen LogP contribution is 2.11. The summed E-state index contributed by atoms with van der Waals surface area (Å²) in [6, 6.07) is 7.65. The number of nitrogens with zero attached hydrogens (tertiary/aromatic N) is 1. The molecule has 1 aromatic rings. The van der Waals surface area contributed by atoms with Gasteiger partial charge in [-0.15, -0.1) is 0 Å². The third kappa shape index (κ3) is 4.87. The second-order valence-corrected chi connectivity index (χ2v) is 5.35. The predicted molar refractivity (Wildman–Crippen MR) is 70.1 cm³/mol. The molecule has 0 heterocycles. The number of hydrogen-bond acceptors (Lipinski definition) is 3. The van der Waals surface area contributed by atoms with Crippen LogP contribution in [0.25, 0.3) is 0 Å². The second kappa shape index (κ2) is 5.68. The van der Waals surface area contributed by atoms with Gasteiger partial charge in [-0.2, -0.15) is 0 Å². The van der Waals surface area contributed by atoms with Gasteiger partial charge in [0.15, 0.2) is 5.84 Å². The van der Waals surface area contributed by atoms with Crippen LogP contribution in [0.4, 0.5) is 0 Å². The van der Waals surface area contributed by atoms with E-state index >= 15 is 0 Å². The van der Waals surface area contributed by atoms with Crippen molar-refractivity contribution in [3.8, 4) is 0 Å². The Kier molecular flexibility index (Phi) is 4.52. The lowest BCUT2D eigenvalue weighted by atomic mass is 9.97. The lowest BCUT2D eigenvalue weighted by Crippen LogP contribution is -2.26. The number of amidine groups is 1. The number of rotatable bonds is 4. The van der Waals surface area contributed by atoms with Crippen LogP contribution in [-0.4, -0.2) is 17.6 Å². The van der Waals surface area contributed by atoms with Crippen LogP contribution in [-0.2, 0) is 6.54 Å². The summed E-state index contributed by atoms with van der Waals surface area (Å²) in [4.78, 5) is 0. The molecular weight excluding hydrogens is 214 g/mol. The molecule has 0 amide bonds. The van der Waals surface area contributed by atoms with Crippen molar-refractivity contribution in [2.24, 2.45) is 16.3 Å². The topological polar surface area (TPSA) is 70.6 Å². The standard InChI is InChI=1S/C13H21N3O/c1-13(2,3)9-15-8-10-4-6-11(7-5-10)12(14)16-17/h4-7,15,17H,8-9H2,1-3H3,(H2,14,16). The molecular formula is C13H21N3O. The Morgan fingerprint density at radius 2 is 1.88 bits per heavy atom. The fourth-order valence-electron chi connectivity index (χ4n) is 1.43. The Morgan fingerprint density at radius 3 is 2.35 bits per heavy atom. The Morgan fingerprint density at radius 1 is 1.29 bits per heavy atom. The van der Waals surface area contributed by atoms with E-state index in [0.717, 1.165) is 18.7 Å². The zero-order valence-electron chi connectivity index (χ0n) is 10.7. The lowest BCUT2D eigenvalue weighted by Gasteiger charge is -2.18. The molecule has 0 aliphatic rings. The Hall–Kier alpha value is -1.55. The van der Waals surface area contributed by atoms with Crippen LogP contribution < -0.4 is 11.1 Å². The van der Waals surface area contributed by atoms with Crippen molar-refractivity contribution in [2.75, 3.05) is 6.54 Å². The molecule has 0 aliphatic carbocycles. The molecule has 0 bridgehead atoms. The average molecular weight is 235 g/mol. The van der Waals surface area contributed by atoms with Crippen molar-refractivity contribution in [2.45, 2.75) is 27.3 Å². The first kappa shape index (κ1) is 13.5. The second-order valence-electron chi connectivity index (χ2n) is 5.35. The highest BCUT2D eigenvalue weighted by molar-refractivity contribution is 5.96. The minimum atomic E-state index is 0.138. The minimum absolute atomic E-state index is 0.138. The predicted octanol–water partition coefficient (Wildman–Crippen LogP) is 1.92. The molecule has 4 nitrogen and oxygen atoms in total. The van der Waals surface area contributed by atoms with Crippen LogP contribution in [0.2, 0.25) is 0 Å². The maximum atomic E-state index is 8.54. The molecule has 0 radical (unpaired) electrons. The van der Waals surface area contributed by atoms with Gasteiger partial charge in [-0.3, -0.25) is 0 Å². The number of nitrogens with two attached hydrogens (primary N) is 1. The van der Waals surface area contributed by atoms with Crippen LogP contribution in [0.15, 0.2) is 29.4 Å². The zero-order valence-corrected chi connectivity index (χ0v) is 10.7. The molecule has 1 rings (SSSR count). The summed E-state index contributed by atoms with van der Waals surface area (Å²) in [5.74, 6) is 0.138. The summed E-state index contributed by atoms with van der Waals surface area (Å²) < 4.78 is 0. The van der Waals surface area contributed by atoms with Gasteiger partial charge in [0.25, 0.3) is 0 Å². The van der Waals surface area contributed by atoms with Crippen molar-refractivity contribution >= 4 is 5.84 Å². The van der Waals surface area contributed by atoms with E-state index in [-0.39, 0.29) is 11.3 Å². The van der Waals surface area contributed by atoms with Crippen molar-refractivity contribution in [3.63, 3.8) is 0 Å². The van der Waals surface area contributed by atoms with Crippen molar-refractivity contribution < 1.29 is 5.21 Å². The van der Waals surface area contributed by atoms with Gasteiger partial charge < -0.3 is 16.3 Å². The first-order chi connectivity index (χ1) is 7.92. The molecule has 4 heteroatoms. The van der Waals surface area contributed by atoms with Gasteiger partial charge in [-0.25, -0.2) is 0 Å². The number of benzene rings is 1. The summed E-state index contributed by atoms with van der Waals surface area (Å²) in [6.07, 6.45) is 0. The maximum Gasteiger partial charge on any atom is 0.170 e. The molecule has 1 aromatic carbocycles. The first-order valence-electron chi connectivity index (χ1n) is 5.70. The molecule has 0 saturated carbocycles. The fourth-order valence-corrected chi connectivity index (χ4v) is 1.43. The van der Waals surface area contributed by atoms with E-state index in [1.165, 1.54) is 5.56 Å². The van der Waals surface area contributed by atoms with Gasteiger partial charge in [-0.1, -0.05) is 50.2 Å².